The Morgan fingerprint density at radius 2 is 1.79 bits per heavy atom. The third-order valence-corrected chi connectivity index (χ3v) is 7.84. The molecule has 0 radical (unpaired) electrons. The normalized spacial score (nSPS) is 19.2. The second kappa shape index (κ2) is 10.1. The van der Waals surface area contributed by atoms with Crippen LogP contribution >= 0.6 is 0 Å². The number of benzene rings is 1. The van der Waals surface area contributed by atoms with Gasteiger partial charge >= 0.3 is 5.97 Å². The van der Waals surface area contributed by atoms with E-state index in [0.717, 1.165) is 45.6 Å². The van der Waals surface area contributed by atoms with Crippen molar-refractivity contribution in [2.75, 3.05) is 42.3 Å². The van der Waals surface area contributed by atoms with Crippen molar-refractivity contribution in [3.63, 3.8) is 0 Å². The van der Waals surface area contributed by atoms with Crippen LogP contribution in [-0.2, 0) is 10.0 Å². The van der Waals surface area contributed by atoms with Crippen molar-refractivity contribution in [1.29, 1.82) is 0 Å². The smallest absolute Gasteiger partial charge is 0.337 e. The molecule has 2 saturated heterocycles. The van der Waals surface area contributed by atoms with E-state index in [-0.39, 0.29) is 21.9 Å². The molecule has 0 saturated carbocycles. The molecule has 2 fully saturated rings. The summed E-state index contributed by atoms with van der Waals surface area (Å²) in [6.45, 7) is 6.11. The Morgan fingerprint density at radius 3 is 2.44 bits per heavy atom. The number of rotatable bonds is 8. The molecule has 1 unspecified atom stereocenters. The van der Waals surface area contributed by atoms with Crippen molar-refractivity contribution in [3.05, 3.63) is 47.7 Å². The maximum absolute atomic E-state index is 13.1. The highest BCUT2D eigenvalue weighted by atomic mass is 32.2. The van der Waals surface area contributed by atoms with Crippen molar-refractivity contribution >= 4 is 33.3 Å². The quantitative estimate of drug-likeness (QED) is 0.546. The van der Waals surface area contributed by atoms with Crippen LogP contribution in [0.15, 0.2) is 41.4 Å². The Hall–Kier alpha value is -2.98. The first-order valence-electron chi connectivity index (χ1n) is 11.6. The number of likely N-dealkylation sites (tertiary alicyclic amines) is 1. The number of sulfonamides is 1. The monoisotopic (exact) mass is 486 g/mol. The van der Waals surface area contributed by atoms with E-state index in [1.807, 2.05) is 4.90 Å². The van der Waals surface area contributed by atoms with E-state index in [9.17, 15) is 23.1 Å². The first kappa shape index (κ1) is 24.2. The summed E-state index contributed by atoms with van der Waals surface area (Å²) in [7, 11) is -4.02. The van der Waals surface area contributed by atoms with Gasteiger partial charge in [-0.25, -0.2) is 18.2 Å². The molecule has 2 N–H and O–H groups in total. The number of hydrogen-bond donors (Lipinski definition) is 2. The van der Waals surface area contributed by atoms with Crippen LogP contribution in [-0.4, -0.2) is 67.9 Å². The number of piperidine rings is 1. The van der Waals surface area contributed by atoms with E-state index in [4.69, 9.17) is 0 Å². The summed E-state index contributed by atoms with van der Waals surface area (Å²) in [5, 5.41) is 9.44. The van der Waals surface area contributed by atoms with Gasteiger partial charge in [0.05, 0.1) is 16.1 Å². The largest absolute Gasteiger partial charge is 0.478 e. The molecule has 0 amide bonds. The van der Waals surface area contributed by atoms with Gasteiger partial charge < -0.3 is 14.9 Å². The number of pyridine rings is 1. The van der Waals surface area contributed by atoms with Crippen LogP contribution in [0, 0.1) is 5.92 Å². The zero-order chi connectivity index (χ0) is 24.3. The summed E-state index contributed by atoms with van der Waals surface area (Å²) in [5.41, 5.74) is 0.447. The Kier molecular flexibility index (Phi) is 7.18. The highest BCUT2D eigenvalue weighted by molar-refractivity contribution is 7.92. The lowest BCUT2D eigenvalue weighted by Crippen LogP contribution is -2.41. The van der Waals surface area contributed by atoms with E-state index >= 15 is 0 Å². The first-order chi connectivity index (χ1) is 16.2. The van der Waals surface area contributed by atoms with E-state index in [0.29, 0.717) is 17.3 Å². The molecule has 9 nitrogen and oxygen atoms in total. The second-order valence-corrected chi connectivity index (χ2v) is 10.7. The molecule has 2 aliphatic heterocycles. The summed E-state index contributed by atoms with van der Waals surface area (Å²) in [5.74, 6) is -0.474. The van der Waals surface area contributed by atoms with Crippen LogP contribution in [0.1, 0.15) is 53.3 Å². The number of aromatic nitrogens is 1. The van der Waals surface area contributed by atoms with E-state index in [1.54, 1.807) is 0 Å². The first-order valence-corrected chi connectivity index (χ1v) is 13.1. The molecule has 3 heterocycles. The van der Waals surface area contributed by atoms with Crippen LogP contribution in [0.4, 0.5) is 11.5 Å². The average molecular weight is 487 g/mol. The van der Waals surface area contributed by atoms with Crippen molar-refractivity contribution < 1.29 is 23.1 Å². The average Bonchev–Trinajstić information content (AvgIpc) is 3.32. The number of anilines is 2. The molecule has 4 rings (SSSR count). The minimum Gasteiger partial charge on any atom is -0.478 e. The van der Waals surface area contributed by atoms with E-state index in [2.05, 4.69) is 14.6 Å². The van der Waals surface area contributed by atoms with Gasteiger partial charge in [0.15, 0.2) is 11.6 Å². The van der Waals surface area contributed by atoms with Crippen LogP contribution in [0.25, 0.3) is 0 Å². The molecule has 0 aliphatic carbocycles. The van der Waals surface area contributed by atoms with Crippen LogP contribution < -0.4 is 9.62 Å². The predicted octanol–water partition coefficient (Wildman–Crippen LogP) is 3.10. The van der Waals surface area contributed by atoms with Gasteiger partial charge in [0.25, 0.3) is 10.0 Å². The standard InChI is InChI=1S/C24H30N4O5S/c1-17(29)19-6-8-21(9-7-19)34(32,33)26-22-13-20(24(30)31)14-25-23(22)28-12-4-5-18(16-28)15-27-10-2-3-11-27/h6-9,13-14,18,26H,2-5,10-12,15-16H2,1H3,(H,30,31). The van der Waals surface area contributed by atoms with E-state index in [1.165, 1.54) is 56.3 Å². The molecule has 2 aliphatic rings. The van der Waals surface area contributed by atoms with Gasteiger partial charge in [0.1, 0.15) is 0 Å². The molecule has 1 aromatic heterocycles. The molecular formula is C24H30N4O5S. The predicted molar refractivity (Wildman–Crippen MR) is 129 cm³/mol. The zero-order valence-electron chi connectivity index (χ0n) is 19.2. The molecule has 1 aromatic carbocycles. The maximum atomic E-state index is 13.1. The van der Waals surface area contributed by atoms with Gasteiger partial charge in [0, 0.05) is 31.4 Å². The van der Waals surface area contributed by atoms with Crippen LogP contribution in [0.3, 0.4) is 0 Å². The molecule has 182 valence electrons. The van der Waals surface area contributed by atoms with Gasteiger partial charge in [-0.1, -0.05) is 12.1 Å². The summed E-state index contributed by atoms with van der Waals surface area (Å²) < 4.78 is 28.7. The van der Waals surface area contributed by atoms with Crippen molar-refractivity contribution in [2.24, 2.45) is 5.92 Å². The van der Waals surface area contributed by atoms with Crippen molar-refractivity contribution in [2.45, 2.75) is 37.5 Å². The fraction of sp³-hybridized carbons (Fsp3) is 0.458. The minimum absolute atomic E-state index is 0.0188. The maximum Gasteiger partial charge on any atom is 0.337 e. The Morgan fingerprint density at radius 1 is 1.09 bits per heavy atom. The number of nitrogens with zero attached hydrogens (tertiary/aromatic N) is 3. The third kappa shape index (κ3) is 5.56. The number of carboxylic acid groups (broad SMARTS) is 1. The van der Waals surface area contributed by atoms with E-state index < -0.39 is 16.0 Å². The van der Waals surface area contributed by atoms with Gasteiger partial charge in [-0.15, -0.1) is 0 Å². The van der Waals surface area contributed by atoms with Crippen molar-refractivity contribution in [3.8, 4) is 0 Å². The summed E-state index contributed by atoms with van der Waals surface area (Å²) in [4.78, 5) is 31.9. The molecular weight excluding hydrogens is 456 g/mol. The zero-order valence-corrected chi connectivity index (χ0v) is 20.1. The highest BCUT2D eigenvalue weighted by Gasteiger charge is 2.27. The van der Waals surface area contributed by atoms with Gasteiger partial charge in [0.2, 0.25) is 0 Å². The van der Waals surface area contributed by atoms with Crippen LogP contribution in [0.5, 0.6) is 0 Å². The SMILES string of the molecule is CC(=O)c1ccc(S(=O)(=O)Nc2cc(C(=O)O)cnc2N2CCCC(CN3CCCC3)C2)cc1. The number of carboxylic acids is 1. The Labute approximate surface area is 199 Å². The number of carbonyl (C=O) groups excluding carboxylic acids is 1. The molecule has 34 heavy (non-hydrogen) atoms. The fourth-order valence-electron chi connectivity index (χ4n) is 4.71. The summed E-state index contributed by atoms with van der Waals surface area (Å²) in [6, 6.07) is 6.95. The van der Waals surface area contributed by atoms with Gasteiger partial charge in [-0.3, -0.25) is 9.52 Å². The lowest BCUT2D eigenvalue weighted by atomic mass is 9.97. The fourth-order valence-corrected chi connectivity index (χ4v) is 5.76. The molecule has 2 aromatic rings. The highest BCUT2D eigenvalue weighted by Crippen LogP contribution is 2.31. The van der Waals surface area contributed by atoms with Gasteiger partial charge in [-0.2, -0.15) is 0 Å². The Bertz CT molecular complexity index is 1160. The molecule has 1 atom stereocenters. The molecule has 0 bridgehead atoms. The lowest BCUT2D eigenvalue weighted by Gasteiger charge is -2.36. The number of hydrogen-bond acceptors (Lipinski definition) is 7. The second-order valence-electron chi connectivity index (χ2n) is 9.05. The number of ketones is 1. The van der Waals surface area contributed by atoms with Crippen LogP contribution in [0.2, 0.25) is 0 Å². The summed E-state index contributed by atoms with van der Waals surface area (Å²) >= 11 is 0. The number of nitrogens with one attached hydrogen (secondary N) is 1. The number of Topliss-reactive ketones (excluding diaryl/α,β-unsaturated/α-hetero) is 1. The molecule has 10 heteroatoms. The lowest BCUT2D eigenvalue weighted by molar-refractivity contribution is 0.0696. The topological polar surface area (TPSA) is 120 Å². The van der Waals surface area contributed by atoms with Crippen molar-refractivity contribution in [1.82, 2.24) is 9.88 Å². The minimum atomic E-state index is -4.02. The molecule has 0 spiro atoms. The third-order valence-electron chi connectivity index (χ3n) is 6.46. The van der Waals surface area contributed by atoms with Gasteiger partial charge in [-0.05, 0) is 69.8 Å². The number of carbonyl (C=O) groups is 2. The Balaban J connectivity index is 1.60. The summed E-state index contributed by atoms with van der Waals surface area (Å²) in [6.07, 6.45) is 5.78. The number of aromatic carboxylic acids is 1.